The summed E-state index contributed by atoms with van der Waals surface area (Å²) in [7, 11) is 0. The van der Waals surface area contributed by atoms with Crippen LogP contribution >= 0.6 is 0 Å². The van der Waals surface area contributed by atoms with Crippen LogP contribution in [0.4, 0.5) is 0 Å². The normalized spacial score (nSPS) is 25.4. The maximum atomic E-state index is 12.0. The van der Waals surface area contributed by atoms with Gasteiger partial charge in [-0.1, -0.05) is 30.3 Å². The lowest BCUT2D eigenvalue weighted by molar-refractivity contribution is -0.123. The minimum Gasteiger partial charge on any atom is -0.393 e. The SMILES string of the molecule is N[C@@H](C(=O)NC1CCCC(O)C1)c1ccccc1. The number of aliphatic hydroxyl groups is 1. The van der Waals surface area contributed by atoms with Gasteiger partial charge in [-0.2, -0.15) is 0 Å². The van der Waals surface area contributed by atoms with Crippen molar-refractivity contribution < 1.29 is 9.90 Å². The first kappa shape index (κ1) is 13.1. The molecule has 1 saturated carbocycles. The molecule has 0 bridgehead atoms. The van der Waals surface area contributed by atoms with Crippen LogP contribution in [0.5, 0.6) is 0 Å². The Morgan fingerprint density at radius 3 is 2.72 bits per heavy atom. The summed E-state index contributed by atoms with van der Waals surface area (Å²) in [5, 5.41) is 12.5. The minimum atomic E-state index is -0.634. The van der Waals surface area contributed by atoms with Gasteiger partial charge >= 0.3 is 0 Å². The molecule has 1 amide bonds. The highest BCUT2D eigenvalue weighted by Gasteiger charge is 2.24. The van der Waals surface area contributed by atoms with E-state index in [1.165, 1.54) is 0 Å². The van der Waals surface area contributed by atoms with Gasteiger partial charge in [0.05, 0.1) is 6.10 Å². The van der Waals surface area contributed by atoms with Crippen molar-refractivity contribution in [2.45, 2.75) is 43.9 Å². The number of hydrogen-bond donors (Lipinski definition) is 3. The van der Waals surface area contributed by atoms with Crippen molar-refractivity contribution in [3.8, 4) is 0 Å². The maximum absolute atomic E-state index is 12.0. The van der Waals surface area contributed by atoms with E-state index in [1.807, 2.05) is 30.3 Å². The van der Waals surface area contributed by atoms with Gasteiger partial charge in [0, 0.05) is 6.04 Å². The maximum Gasteiger partial charge on any atom is 0.241 e. The number of carbonyl (C=O) groups excluding carboxylic acids is 1. The number of benzene rings is 1. The van der Waals surface area contributed by atoms with Crippen LogP contribution in [0.2, 0.25) is 0 Å². The third-order valence-corrected chi connectivity index (χ3v) is 3.43. The van der Waals surface area contributed by atoms with Gasteiger partial charge in [0.15, 0.2) is 0 Å². The van der Waals surface area contributed by atoms with E-state index in [0.717, 1.165) is 24.8 Å². The van der Waals surface area contributed by atoms with E-state index in [1.54, 1.807) is 0 Å². The molecule has 2 unspecified atom stereocenters. The van der Waals surface area contributed by atoms with E-state index in [-0.39, 0.29) is 18.1 Å². The number of rotatable bonds is 3. The second-order valence-corrected chi connectivity index (χ2v) is 4.91. The molecule has 2 rings (SSSR count). The first-order valence-electron chi connectivity index (χ1n) is 6.46. The molecule has 1 aromatic carbocycles. The number of nitrogens with one attached hydrogen (secondary N) is 1. The van der Waals surface area contributed by atoms with Gasteiger partial charge in [0.25, 0.3) is 0 Å². The Kier molecular flexibility index (Phi) is 4.33. The summed E-state index contributed by atoms with van der Waals surface area (Å²) < 4.78 is 0. The van der Waals surface area contributed by atoms with Gasteiger partial charge in [-0.15, -0.1) is 0 Å². The van der Waals surface area contributed by atoms with Gasteiger partial charge in [-0.3, -0.25) is 4.79 Å². The molecule has 0 saturated heterocycles. The fourth-order valence-corrected chi connectivity index (χ4v) is 2.40. The summed E-state index contributed by atoms with van der Waals surface area (Å²) in [5.74, 6) is -0.166. The lowest BCUT2D eigenvalue weighted by atomic mass is 9.92. The molecular formula is C14H20N2O2. The molecule has 1 aliphatic rings. The van der Waals surface area contributed by atoms with Crippen molar-refractivity contribution in [1.29, 1.82) is 0 Å². The van der Waals surface area contributed by atoms with Crippen molar-refractivity contribution >= 4 is 5.91 Å². The van der Waals surface area contributed by atoms with E-state index < -0.39 is 6.04 Å². The second kappa shape index (κ2) is 5.98. The van der Waals surface area contributed by atoms with Crippen LogP contribution in [0.3, 0.4) is 0 Å². The lowest BCUT2D eigenvalue weighted by Crippen LogP contribution is -2.43. The lowest BCUT2D eigenvalue weighted by Gasteiger charge is -2.27. The van der Waals surface area contributed by atoms with Crippen molar-refractivity contribution in [3.63, 3.8) is 0 Å². The second-order valence-electron chi connectivity index (χ2n) is 4.91. The van der Waals surface area contributed by atoms with Crippen LogP contribution in [0.15, 0.2) is 30.3 Å². The monoisotopic (exact) mass is 248 g/mol. The molecule has 4 heteroatoms. The third kappa shape index (κ3) is 3.31. The molecule has 98 valence electrons. The van der Waals surface area contributed by atoms with Crippen LogP contribution in [0, 0.1) is 0 Å². The molecule has 1 fully saturated rings. The first-order chi connectivity index (χ1) is 8.66. The summed E-state index contributed by atoms with van der Waals surface area (Å²) in [6, 6.07) is 8.74. The fourth-order valence-electron chi connectivity index (χ4n) is 2.40. The quantitative estimate of drug-likeness (QED) is 0.750. The fraction of sp³-hybridized carbons (Fsp3) is 0.500. The topological polar surface area (TPSA) is 75.4 Å². The molecule has 1 aromatic rings. The molecule has 0 aromatic heterocycles. The number of nitrogens with two attached hydrogens (primary N) is 1. The van der Waals surface area contributed by atoms with Gasteiger partial charge in [-0.25, -0.2) is 0 Å². The van der Waals surface area contributed by atoms with E-state index in [4.69, 9.17) is 5.73 Å². The van der Waals surface area contributed by atoms with Crippen LogP contribution < -0.4 is 11.1 Å². The largest absolute Gasteiger partial charge is 0.393 e. The number of hydrogen-bond acceptors (Lipinski definition) is 3. The molecule has 0 aliphatic heterocycles. The molecular weight excluding hydrogens is 228 g/mol. The number of aliphatic hydroxyl groups excluding tert-OH is 1. The van der Waals surface area contributed by atoms with Gasteiger partial charge in [-0.05, 0) is 31.2 Å². The Bertz CT molecular complexity index is 394. The summed E-state index contributed by atoms with van der Waals surface area (Å²) >= 11 is 0. The Morgan fingerprint density at radius 2 is 2.06 bits per heavy atom. The third-order valence-electron chi connectivity index (χ3n) is 3.43. The highest BCUT2D eigenvalue weighted by molar-refractivity contribution is 5.83. The predicted octanol–water partition coefficient (Wildman–Crippen LogP) is 1.11. The summed E-state index contributed by atoms with van der Waals surface area (Å²) in [6.07, 6.45) is 3.04. The first-order valence-corrected chi connectivity index (χ1v) is 6.46. The van der Waals surface area contributed by atoms with E-state index in [0.29, 0.717) is 6.42 Å². The van der Waals surface area contributed by atoms with E-state index >= 15 is 0 Å². The van der Waals surface area contributed by atoms with Crippen molar-refractivity contribution in [2.75, 3.05) is 0 Å². The molecule has 0 radical (unpaired) electrons. The standard InChI is InChI=1S/C14H20N2O2/c15-13(10-5-2-1-3-6-10)14(18)16-11-7-4-8-12(17)9-11/h1-3,5-6,11-13,17H,4,7-9,15H2,(H,16,18)/t11?,12?,13-/m1/s1. The smallest absolute Gasteiger partial charge is 0.241 e. The van der Waals surface area contributed by atoms with Crippen LogP contribution in [-0.2, 0) is 4.79 Å². The Labute approximate surface area is 107 Å². The van der Waals surface area contributed by atoms with Gasteiger partial charge < -0.3 is 16.2 Å². The molecule has 4 nitrogen and oxygen atoms in total. The van der Waals surface area contributed by atoms with Crippen molar-refractivity contribution in [3.05, 3.63) is 35.9 Å². The van der Waals surface area contributed by atoms with Gasteiger partial charge in [0.2, 0.25) is 5.91 Å². The predicted molar refractivity (Wildman–Crippen MR) is 69.8 cm³/mol. The highest BCUT2D eigenvalue weighted by Crippen LogP contribution is 2.19. The molecule has 18 heavy (non-hydrogen) atoms. The Balaban J connectivity index is 1.91. The summed E-state index contributed by atoms with van der Waals surface area (Å²) in [6.45, 7) is 0. The minimum absolute atomic E-state index is 0.0519. The van der Waals surface area contributed by atoms with Gasteiger partial charge in [0.1, 0.15) is 6.04 Å². The molecule has 0 heterocycles. The molecule has 0 spiro atoms. The van der Waals surface area contributed by atoms with Crippen molar-refractivity contribution in [1.82, 2.24) is 5.32 Å². The molecule has 1 aliphatic carbocycles. The highest BCUT2D eigenvalue weighted by atomic mass is 16.3. The van der Waals surface area contributed by atoms with Crippen LogP contribution in [0.25, 0.3) is 0 Å². The van der Waals surface area contributed by atoms with Crippen molar-refractivity contribution in [2.24, 2.45) is 5.73 Å². The van der Waals surface area contributed by atoms with E-state index in [9.17, 15) is 9.90 Å². The average Bonchev–Trinajstić information content (AvgIpc) is 2.39. The Morgan fingerprint density at radius 1 is 1.33 bits per heavy atom. The summed E-state index contributed by atoms with van der Waals surface area (Å²) in [5.41, 5.74) is 6.73. The van der Waals surface area contributed by atoms with Crippen LogP contribution in [-0.4, -0.2) is 23.2 Å². The average molecular weight is 248 g/mol. The zero-order valence-electron chi connectivity index (χ0n) is 10.4. The number of amides is 1. The van der Waals surface area contributed by atoms with Crippen LogP contribution in [0.1, 0.15) is 37.3 Å². The number of carbonyl (C=O) groups is 1. The van der Waals surface area contributed by atoms with E-state index in [2.05, 4.69) is 5.32 Å². The summed E-state index contributed by atoms with van der Waals surface area (Å²) in [4.78, 5) is 12.0. The molecule has 4 N–H and O–H groups in total. The Hall–Kier alpha value is -1.39. The molecule has 3 atom stereocenters. The zero-order chi connectivity index (χ0) is 13.0. The zero-order valence-corrected chi connectivity index (χ0v) is 10.4.